The van der Waals surface area contributed by atoms with E-state index in [0.717, 1.165) is 0 Å². The van der Waals surface area contributed by atoms with Gasteiger partial charge in [0, 0.05) is 13.1 Å². The molecular formula is C23H21N5O2S. The smallest absolute Gasteiger partial charge is 0.206 e. The molecule has 7 nitrogen and oxygen atoms in total. The molecule has 0 radical (unpaired) electrons. The maximum Gasteiger partial charge on any atom is 0.206 e. The molecule has 0 atom stereocenters. The Morgan fingerprint density at radius 1 is 0.581 bits per heavy atom. The lowest BCUT2D eigenvalue weighted by molar-refractivity contribution is 0.596. The lowest BCUT2D eigenvalue weighted by atomic mass is 10.2. The van der Waals surface area contributed by atoms with Crippen molar-refractivity contribution in [2.24, 2.45) is 11.5 Å². The van der Waals surface area contributed by atoms with Gasteiger partial charge in [-0.15, -0.1) is 0 Å². The number of aromatic nitrogens is 3. The molecule has 4 rings (SSSR count). The predicted octanol–water partition coefficient (Wildman–Crippen LogP) is 2.96. The minimum atomic E-state index is -3.78. The van der Waals surface area contributed by atoms with Crippen molar-refractivity contribution < 1.29 is 8.42 Å². The Morgan fingerprint density at radius 3 is 1.58 bits per heavy atom. The Kier molecular flexibility index (Phi) is 5.85. The fourth-order valence-electron chi connectivity index (χ4n) is 3.13. The highest BCUT2D eigenvalue weighted by Crippen LogP contribution is 2.29. The van der Waals surface area contributed by atoms with Crippen LogP contribution in [-0.2, 0) is 22.9 Å². The molecule has 3 heterocycles. The molecule has 0 aliphatic carbocycles. The van der Waals surface area contributed by atoms with Crippen LogP contribution in [0.15, 0.2) is 88.7 Å². The standard InChI is InChI=1S/C23H21N5O2S/c24-14-16-6-4-10-20(26-16)22-12-19(31(29,30)18-8-2-1-3-9-18)13-23(28-22)21-11-5-7-17(15-25)27-21/h1-13H,14-15,24-25H2. The molecule has 4 aromatic rings. The first-order chi connectivity index (χ1) is 15.0. The summed E-state index contributed by atoms with van der Waals surface area (Å²) in [6, 6.07) is 22.1. The van der Waals surface area contributed by atoms with E-state index < -0.39 is 9.84 Å². The Morgan fingerprint density at radius 2 is 1.10 bits per heavy atom. The monoisotopic (exact) mass is 431 g/mol. The molecule has 3 aromatic heterocycles. The van der Waals surface area contributed by atoms with Crippen molar-refractivity contribution in [3.8, 4) is 22.8 Å². The van der Waals surface area contributed by atoms with Gasteiger partial charge in [-0.05, 0) is 48.5 Å². The van der Waals surface area contributed by atoms with Crippen LogP contribution < -0.4 is 11.5 Å². The lowest BCUT2D eigenvalue weighted by Gasteiger charge is -2.11. The lowest BCUT2D eigenvalue weighted by Crippen LogP contribution is -2.06. The number of nitrogens with zero attached hydrogens (tertiary/aromatic N) is 3. The molecule has 0 fully saturated rings. The number of hydrogen-bond donors (Lipinski definition) is 2. The van der Waals surface area contributed by atoms with E-state index in [0.29, 0.717) is 34.2 Å². The van der Waals surface area contributed by atoms with Crippen LogP contribution in [0.1, 0.15) is 11.4 Å². The predicted molar refractivity (Wildman–Crippen MR) is 118 cm³/mol. The van der Waals surface area contributed by atoms with Gasteiger partial charge in [-0.25, -0.2) is 23.4 Å². The molecular weight excluding hydrogens is 410 g/mol. The van der Waals surface area contributed by atoms with Crippen molar-refractivity contribution in [2.45, 2.75) is 22.9 Å². The number of sulfone groups is 1. The van der Waals surface area contributed by atoms with Crippen molar-refractivity contribution in [1.82, 2.24) is 15.0 Å². The number of pyridine rings is 3. The summed E-state index contributed by atoms with van der Waals surface area (Å²) in [5.41, 5.74) is 14.7. The molecule has 0 amide bonds. The van der Waals surface area contributed by atoms with Gasteiger partial charge in [-0.3, -0.25) is 0 Å². The molecule has 0 saturated heterocycles. The Hall–Kier alpha value is -3.46. The van der Waals surface area contributed by atoms with Gasteiger partial charge in [-0.2, -0.15) is 0 Å². The molecule has 1 aromatic carbocycles. The largest absolute Gasteiger partial charge is 0.325 e. The zero-order valence-corrected chi connectivity index (χ0v) is 17.5. The maximum atomic E-state index is 13.3. The van der Waals surface area contributed by atoms with Crippen molar-refractivity contribution in [2.75, 3.05) is 0 Å². The second kappa shape index (κ2) is 8.73. The van der Waals surface area contributed by atoms with E-state index in [1.165, 1.54) is 12.1 Å². The minimum Gasteiger partial charge on any atom is -0.325 e. The van der Waals surface area contributed by atoms with E-state index in [4.69, 9.17) is 11.5 Å². The first-order valence-corrected chi connectivity index (χ1v) is 11.1. The highest BCUT2D eigenvalue weighted by Gasteiger charge is 2.21. The number of benzene rings is 1. The SMILES string of the molecule is NCc1cccc(-c2cc(S(=O)(=O)c3ccccc3)cc(-c3cccc(CN)n3)n2)n1. The number of nitrogens with two attached hydrogens (primary N) is 2. The van der Waals surface area contributed by atoms with Crippen LogP contribution in [0.2, 0.25) is 0 Å². The summed E-state index contributed by atoms with van der Waals surface area (Å²) in [7, 11) is -3.78. The van der Waals surface area contributed by atoms with E-state index in [1.807, 2.05) is 12.1 Å². The molecule has 0 saturated carbocycles. The van der Waals surface area contributed by atoms with Gasteiger partial charge in [0.15, 0.2) is 0 Å². The van der Waals surface area contributed by atoms with Crippen molar-refractivity contribution >= 4 is 9.84 Å². The van der Waals surface area contributed by atoms with Gasteiger partial charge >= 0.3 is 0 Å². The summed E-state index contributed by atoms with van der Waals surface area (Å²) in [6.07, 6.45) is 0. The zero-order chi connectivity index (χ0) is 21.8. The van der Waals surface area contributed by atoms with E-state index >= 15 is 0 Å². The quantitative estimate of drug-likeness (QED) is 0.481. The van der Waals surface area contributed by atoms with Crippen LogP contribution >= 0.6 is 0 Å². The summed E-state index contributed by atoms with van der Waals surface area (Å²) in [5, 5.41) is 0. The molecule has 8 heteroatoms. The average Bonchev–Trinajstić information content (AvgIpc) is 2.84. The van der Waals surface area contributed by atoms with Crippen LogP contribution in [0.3, 0.4) is 0 Å². The number of hydrogen-bond acceptors (Lipinski definition) is 7. The van der Waals surface area contributed by atoms with Crippen LogP contribution in [0.5, 0.6) is 0 Å². The molecule has 31 heavy (non-hydrogen) atoms. The minimum absolute atomic E-state index is 0.110. The average molecular weight is 432 g/mol. The Bertz CT molecular complexity index is 1260. The van der Waals surface area contributed by atoms with Gasteiger partial charge in [0.1, 0.15) is 0 Å². The van der Waals surface area contributed by atoms with Crippen LogP contribution in [-0.4, -0.2) is 23.4 Å². The molecule has 0 aliphatic heterocycles. The summed E-state index contributed by atoms with van der Waals surface area (Å²) in [4.78, 5) is 14.0. The highest BCUT2D eigenvalue weighted by atomic mass is 32.2. The third-order valence-corrected chi connectivity index (χ3v) is 6.47. The third-order valence-electron chi connectivity index (χ3n) is 4.72. The second-order valence-corrected chi connectivity index (χ2v) is 8.78. The Labute approximate surface area is 180 Å². The van der Waals surface area contributed by atoms with Gasteiger partial charge in [0.05, 0.1) is 44.0 Å². The number of rotatable bonds is 6. The normalized spacial score (nSPS) is 11.4. The van der Waals surface area contributed by atoms with Gasteiger partial charge in [0.25, 0.3) is 0 Å². The van der Waals surface area contributed by atoms with Crippen LogP contribution in [0.4, 0.5) is 0 Å². The Balaban J connectivity index is 1.94. The van der Waals surface area contributed by atoms with Gasteiger partial charge in [0.2, 0.25) is 9.84 Å². The van der Waals surface area contributed by atoms with Crippen LogP contribution in [0, 0.1) is 0 Å². The summed E-state index contributed by atoms with van der Waals surface area (Å²) >= 11 is 0. The maximum absolute atomic E-state index is 13.3. The summed E-state index contributed by atoms with van der Waals surface area (Å²) < 4.78 is 26.7. The molecule has 4 N–H and O–H groups in total. The van der Waals surface area contributed by atoms with E-state index in [-0.39, 0.29) is 22.9 Å². The first-order valence-electron chi connectivity index (χ1n) is 9.66. The van der Waals surface area contributed by atoms with E-state index in [1.54, 1.807) is 54.6 Å². The van der Waals surface area contributed by atoms with Crippen molar-refractivity contribution in [3.63, 3.8) is 0 Å². The highest BCUT2D eigenvalue weighted by molar-refractivity contribution is 7.91. The first kappa shape index (κ1) is 20.8. The van der Waals surface area contributed by atoms with Crippen molar-refractivity contribution in [1.29, 1.82) is 0 Å². The van der Waals surface area contributed by atoms with E-state index in [2.05, 4.69) is 15.0 Å². The van der Waals surface area contributed by atoms with E-state index in [9.17, 15) is 8.42 Å². The summed E-state index contributed by atoms with van der Waals surface area (Å²) in [6.45, 7) is 0.533. The zero-order valence-electron chi connectivity index (χ0n) is 16.6. The molecule has 0 spiro atoms. The topological polar surface area (TPSA) is 125 Å². The third kappa shape index (κ3) is 4.36. The fourth-order valence-corrected chi connectivity index (χ4v) is 4.45. The van der Waals surface area contributed by atoms with Gasteiger partial charge in [-0.1, -0.05) is 30.3 Å². The van der Waals surface area contributed by atoms with Gasteiger partial charge < -0.3 is 11.5 Å². The molecule has 0 bridgehead atoms. The molecule has 156 valence electrons. The second-order valence-electron chi connectivity index (χ2n) is 6.83. The molecule has 0 aliphatic rings. The fraction of sp³-hybridized carbons (Fsp3) is 0.0870. The van der Waals surface area contributed by atoms with Crippen LogP contribution in [0.25, 0.3) is 22.8 Å². The summed E-state index contributed by atoms with van der Waals surface area (Å²) in [5.74, 6) is 0. The van der Waals surface area contributed by atoms with Crippen molar-refractivity contribution in [3.05, 3.63) is 90.3 Å². The molecule has 0 unspecified atom stereocenters.